The van der Waals surface area contributed by atoms with Gasteiger partial charge in [-0.15, -0.1) is 0 Å². The zero-order valence-electron chi connectivity index (χ0n) is 7.81. The fourth-order valence-corrected chi connectivity index (χ4v) is 2.76. The lowest BCUT2D eigenvalue weighted by Crippen LogP contribution is -2.37. The van der Waals surface area contributed by atoms with Crippen molar-refractivity contribution in [2.45, 2.75) is 63.4 Å². The first-order valence-corrected chi connectivity index (χ1v) is 5.39. The maximum atomic E-state index is 10.3. The molecule has 69 valence electrons. The summed E-state index contributed by atoms with van der Waals surface area (Å²) < 4.78 is 0. The van der Waals surface area contributed by atoms with Crippen LogP contribution in [0.1, 0.15) is 57.8 Å². The molecule has 1 N–H and O–H groups in total. The Hall–Kier alpha value is -0.0400. The SMILES string of the molecule is OC1([C]2CCCC2)CCCCC1. The van der Waals surface area contributed by atoms with E-state index >= 15 is 0 Å². The lowest BCUT2D eigenvalue weighted by atomic mass is 9.75. The van der Waals surface area contributed by atoms with Gasteiger partial charge in [0.1, 0.15) is 0 Å². The molecule has 0 bridgehead atoms. The molecule has 2 rings (SSSR count). The maximum absolute atomic E-state index is 10.3. The van der Waals surface area contributed by atoms with Crippen molar-refractivity contribution < 1.29 is 5.11 Å². The molecule has 0 unspecified atom stereocenters. The van der Waals surface area contributed by atoms with Crippen LogP contribution in [-0.4, -0.2) is 10.7 Å². The van der Waals surface area contributed by atoms with E-state index in [9.17, 15) is 5.11 Å². The highest BCUT2D eigenvalue weighted by molar-refractivity contribution is 5.11. The molecular formula is C11H19O. The normalized spacial score (nSPS) is 30.8. The molecule has 0 atom stereocenters. The van der Waals surface area contributed by atoms with Crippen LogP contribution in [0, 0.1) is 5.92 Å². The molecule has 1 heteroatoms. The zero-order chi connectivity index (χ0) is 8.44. The molecule has 0 amide bonds. The van der Waals surface area contributed by atoms with Crippen molar-refractivity contribution in [3.8, 4) is 0 Å². The van der Waals surface area contributed by atoms with Gasteiger partial charge in [0.25, 0.3) is 0 Å². The van der Waals surface area contributed by atoms with E-state index in [1.807, 2.05) is 0 Å². The quantitative estimate of drug-likeness (QED) is 0.636. The smallest absolute Gasteiger partial charge is 0.0710 e. The molecular weight excluding hydrogens is 148 g/mol. The molecule has 0 aromatic heterocycles. The third kappa shape index (κ3) is 1.52. The fourth-order valence-electron chi connectivity index (χ4n) is 2.76. The van der Waals surface area contributed by atoms with E-state index in [1.54, 1.807) is 0 Å². The standard InChI is InChI=1S/C11H19O/c12-11(8-4-1-5-9-11)10-6-2-3-7-10/h12H,1-9H2. The van der Waals surface area contributed by atoms with E-state index in [0.29, 0.717) is 0 Å². The molecule has 0 aromatic rings. The number of hydrogen-bond acceptors (Lipinski definition) is 1. The first-order valence-electron chi connectivity index (χ1n) is 5.39. The van der Waals surface area contributed by atoms with Gasteiger partial charge < -0.3 is 5.11 Å². The van der Waals surface area contributed by atoms with Gasteiger partial charge in [0, 0.05) is 5.92 Å². The van der Waals surface area contributed by atoms with Crippen molar-refractivity contribution in [2.75, 3.05) is 0 Å². The van der Waals surface area contributed by atoms with Crippen molar-refractivity contribution >= 4 is 0 Å². The lowest BCUT2D eigenvalue weighted by molar-refractivity contribution is 0.0142. The van der Waals surface area contributed by atoms with Gasteiger partial charge in [0.15, 0.2) is 0 Å². The molecule has 2 fully saturated rings. The average molecular weight is 167 g/mol. The van der Waals surface area contributed by atoms with E-state index in [4.69, 9.17) is 0 Å². The molecule has 0 aliphatic heterocycles. The molecule has 12 heavy (non-hydrogen) atoms. The largest absolute Gasteiger partial charge is 0.389 e. The van der Waals surface area contributed by atoms with Gasteiger partial charge in [0.05, 0.1) is 5.60 Å². The number of aliphatic hydroxyl groups is 1. The molecule has 1 radical (unpaired) electrons. The minimum atomic E-state index is -0.325. The Bertz CT molecular complexity index is 141. The summed E-state index contributed by atoms with van der Waals surface area (Å²) in [7, 11) is 0. The Morgan fingerprint density at radius 3 is 2.00 bits per heavy atom. The van der Waals surface area contributed by atoms with Gasteiger partial charge in [0.2, 0.25) is 0 Å². The third-order valence-corrected chi connectivity index (χ3v) is 3.55. The van der Waals surface area contributed by atoms with Gasteiger partial charge in [-0.3, -0.25) is 0 Å². The van der Waals surface area contributed by atoms with Crippen LogP contribution in [0.5, 0.6) is 0 Å². The van der Waals surface area contributed by atoms with Crippen molar-refractivity contribution in [3.05, 3.63) is 5.92 Å². The molecule has 0 aromatic carbocycles. The van der Waals surface area contributed by atoms with Gasteiger partial charge in [-0.25, -0.2) is 0 Å². The molecule has 2 saturated carbocycles. The van der Waals surface area contributed by atoms with Crippen LogP contribution < -0.4 is 0 Å². The van der Waals surface area contributed by atoms with Crippen LogP contribution in [0.2, 0.25) is 0 Å². The van der Waals surface area contributed by atoms with Gasteiger partial charge in [-0.2, -0.15) is 0 Å². The Morgan fingerprint density at radius 2 is 1.42 bits per heavy atom. The molecule has 1 nitrogen and oxygen atoms in total. The van der Waals surface area contributed by atoms with Crippen LogP contribution >= 0.6 is 0 Å². The summed E-state index contributed by atoms with van der Waals surface area (Å²) >= 11 is 0. The van der Waals surface area contributed by atoms with E-state index in [2.05, 4.69) is 0 Å². The van der Waals surface area contributed by atoms with Gasteiger partial charge >= 0.3 is 0 Å². The van der Waals surface area contributed by atoms with Crippen molar-refractivity contribution in [3.63, 3.8) is 0 Å². The van der Waals surface area contributed by atoms with Crippen LogP contribution in [0.4, 0.5) is 0 Å². The lowest BCUT2D eigenvalue weighted by Gasteiger charge is -2.37. The van der Waals surface area contributed by atoms with Crippen molar-refractivity contribution in [1.82, 2.24) is 0 Å². The van der Waals surface area contributed by atoms with E-state index in [-0.39, 0.29) is 5.60 Å². The highest BCUT2D eigenvalue weighted by atomic mass is 16.3. The minimum Gasteiger partial charge on any atom is -0.389 e. The molecule has 2 aliphatic rings. The predicted octanol–water partition coefficient (Wildman–Crippen LogP) is 2.83. The summed E-state index contributed by atoms with van der Waals surface area (Å²) in [6.45, 7) is 0. The van der Waals surface area contributed by atoms with Crippen LogP contribution in [0.25, 0.3) is 0 Å². The summed E-state index contributed by atoms with van der Waals surface area (Å²) in [5.74, 6) is 1.47. The molecule has 0 heterocycles. The Balaban J connectivity index is 1.97. The van der Waals surface area contributed by atoms with E-state index in [0.717, 1.165) is 12.8 Å². The number of hydrogen-bond donors (Lipinski definition) is 1. The first-order chi connectivity index (χ1) is 5.81. The molecule has 0 saturated heterocycles. The van der Waals surface area contributed by atoms with E-state index in [1.165, 1.54) is 50.9 Å². The Labute approximate surface area is 75.2 Å². The van der Waals surface area contributed by atoms with Crippen LogP contribution in [0.15, 0.2) is 0 Å². The highest BCUT2D eigenvalue weighted by Crippen LogP contribution is 2.43. The fraction of sp³-hybridized carbons (Fsp3) is 0.909. The molecule has 2 aliphatic carbocycles. The monoisotopic (exact) mass is 167 g/mol. The summed E-state index contributed by atoms with van der Waals surface area (Å²) in [5.41, 5.74) is -0.325. The topological polar surface area (TPSA) is 20.2 Å². The maximum Gasteiger partial charge on any atom is 0.0710 e. The van der Waals surface area contributed by atoms with Gasteiger partial charge in [-0.1, -0.05) is 32.1 Å². The summed E-state index contributed by atoms with van der Waals surface area (Å²) in [5, 5.41) is 10.3. The number of rotatable bonds is 1. The van der Waals surface area contributed by atoms with Crippen LogP contribution in [-0.2, 0) is 0 Å². The predicted molar refractivity (Wildman–Crippen MR) is 49.7 cm³/mol. The second kappa shape index (κ2) is 3.37. The van der Waals surface area contributed by atoms with Crippen molar-refractivity contribution in [1.29, 1.82) is 0 Å². The van der Waals surface area contributed by atoms with Gasteiger partial charge in [-0.05, 0) is 25.7 Å². The minimum absolute atomic E-state index is 0.325. The summed E-state index contributed by atoms with van der Waals surface area (Å²) in [4.78, 5) is 0. The summed E-state index contributed by atoms with van der Waals surface area (Å²) in [6, 6.07) is 0. The Kier molecular flexibility index (Phi) is 2.40. The Morgan fingerprint density at radius 1 is 0.833 bits per heavy atom. The zero-order valence-corrected chi connectivity index (χ0v) is 7.81. The highest BCUT2D eigenvalue weighted by Gasteiger charge is 2.39. The molecule has 0 spiro atoms. The first kappa shape index (κ1) is 8.55. The second-order valence-corrected chi connectivity index (χ2v) is 4.40. The van der Waals surface area contributed by atoms with E-state index < -0.39 is 0 Å². The second-order valence-electron chi connectivity index (χ2n) is 4.40. The van der Waals surface area contributed by atoms with Crippen molar-refractivity contribution in [2.24, 2.45) is 0 Å². The van der Waals surface area contributed by atoms with Crippen LogP contribution in [0.3, 0.4) is 0 Å². The average Bonchev–Trinajstić information content (AvgIpc) is 2.58. The third-order valence-electron chi connectivity index (χ3n) is 3.55. The summed E-state index contributed by atoms with van der Waals surface area (Å²) in [6.07, 6.45) is 10.9.